The molecule has 1 aromatic rings. The molecule has 6 heteroatoms. The molecule has 1 aromatic carbocycles. The first-order valence-electron chi connectivity index (χ1n) is 6.93. The van der Waals surface area contributed by atoms with E-state index in [9.17, 15) is 4.79 Å². The van der Waals surface area contributed by atoms with Gasteiger partial charge in [-0.25, -0.2) is 0 Å². The number of nitrogens with two attached hydrogens (primary N) is 1. The Morgan fingerprint density at radius 3 is 2.85 bits per heavy atom. The molecule has 0 atom stereocenters. The van der Waals surface area contributed by atoms with Crippen LogP contribution in [0.1, 0.15) is 16.8 Å². The molecular formula is C14H21ClN4O. The predicted octanol–water partition coefficient (Wildman–Crippen LogP) is 1.15. The highest BCUT2D eigenvalue weighted by Crippen LogP contribution is 2.20. The van der Waals surface area contributed by atoms with E-state index in [4.69, 9.17) is 17.3 Å². The molecule has 1 fully saturated rings. The standard InChI is InChI=1S/C14H21ClN4O/c15-11-2-3-13(12(10-11)14(16)20)18-4-1-7-19-8-5-17-6-9-19/h2-3,10,17-18H,1,4-9H2,(H2,16,20). The monoisotopic (exact) mass is 296 g/mol. The number of hydrogen-bond acceptors (Lipinski definition) is 4. The average molecular weight is 297 g/mol. The summed E-state index contributed by atoms with van der Waals surface area (Å²) in [6.07, 6.45) is 1.03. The summed E-state index contributed by atoms with van der Waals surface area (Å²) < 4.78 is 0. The van der Waals surface area contributed by atoms with Gasteiger partial charge in [-0.15, -0.1) is 0 Å². The molecule has 110 valence electrons. The zero-order chi connectivity index (χ0) is 14.4. The van der Waals surface area contributed by atoms with Gasteiger partial charge in [0.2, 0.25) is 0 Å². The average Bonchev–Trinajstić information content (AvgIpc) is 2.45. The molecule has 1 aliphatic heterocycles. The normalized spacial score (nSPS) is 16.1. The number of primary amides is 1. The molecule has 1 amide bonds. The highest BCUT2D eigenvalue weighted by molar-refractivity contribution is 6.31. The van der Waals surface area contributed by atoms with Crippen molar-refractivity contribution in [3.63, 3.8) is 0 Å². The number of anilines is 1. The maximum atomic E-state index is 11.4. The molecule has 0 radical (unpaired) electrons. The molecule has 1 aliphatic rings. The first-order valence-corrected chi connectivity index (χ1v) is 7.31. The fourth-order valence-corrected chi connectivity index (χ4v) is 2.51. The van der Waals surface area contributed by atoms with E-state index in [-0.39, 0.29) is 0 Å². The third-order valence-corrected chi connectivity index (χ3v) is 3.66. The van der Waals surface area contributed by atoms with Gasteiger partial charge >= 0.3 is 0 Å². The lowest BCUT2D eigenvalue weighted by atomic mass is 10.1. The summed E-state index contributed by atoms with van der Waals surface area (Å²) in [6.45, 7) is 6.22. The summed E-state index contributed by atoms with van der Waals surface area (Å²) in [4.78, 5) is 13.8. The zero-order valence-electron chi connectivity index (χ0n) is 11.5. The van der Waals surface area contributed by atoms with Crippen molar-refractivity contribution in [1.82, 2.24) is 10.2 Å². The summed E-state index contributed by atoms with van der Waals surface area (Å²) in [5.41, 5.74) is 6.55. The Labute approximate surface area is 124 Å². The minimum atomic E-state index is -0.461. The van der Waals surface area contributed by atoms with Gasteiger partial charge in [0.05, 0.1) is 5.56 Å². The number of carbonyl (C=O) groups is 1. The van der Waals surface area contributed by atoms with E-state index >= 15 is 0 Å². The lowest BCUT2D eigenvalue weighted by Gasteiger charge is -2.27. The Morgan fingerprint density at radius 2 is 2.15 bits per heavy atom. The van der Waals surface area contributed by atoms with E-state index in [2.05, 4.69) is 15.5 Å². The Bertz CT molecular complexity index is 460. The second-order valence-corrected chi connectivity index (χ2v) is 5.36. The molecule has 0 aliphatic carbocycles. The second kappa shape index (κ2) is 7.47. The third-order valence-electron chi connectivity index (χ3n) is 3.42. The predicted molar refractivity (Wildman–Crippen MR) is 82.4 cm³/mol. The molecule has 1 heterocycles. The van der Waals surface area contributed by atoms with Crippen LogP contribution in [0.3, 0.4) is 0 Å². The number of benzene rings is 1. The molecular weight excluding hydrogens is 276 g/mol. The number of rotatable bonds is 6. The Kier molecular flexibility index (Phi) is 5.64. The largest absolute Gasteiger partial charge is 0.384 e. The first kappa shape index (κ1) is 15.1. The lowest BCUT2D eigenvalue weighted by molar-refractivity contribution is 0.100. The molecule has 4 N–H and O–H groups in total. The number of amides is 1. The van der Waals surface area contributed by atoms with Crippen LogP contribution in [0.25, 0.3) is 0 Å². The van der Waals surface area contributed by atoms with Crippen molar-refractivity contribution < 1.29 is 4.79 Å². The summed E-state index contributed by atoms with van der Waals surface area (Å²) in [5.74, 6) is -0.461. The highest BCUT2D eigenvalue weighted by atomic mass is 35.5. The minimum Gasteiger partial charge on any atom is -0.384 e. The fourth-order valence-electron chi connectivity index (χ4n) is 2.33. The highest BCUT2D eigenvalue weighted by Gasteiger charge is 2.10. The van der Waals surface area contributed by atoms with Crippen molar-refractivity contribution in [1.29, 1.82) is 0 Å². The maximum absolute atomic E-state index is 11.4. The van der Waals surface area contributed by atoms with E-state index in [1.165, 1.54) is 0 Å². The summed E-state index contributed by atoms with van der Waals surface area (Å²) in [6, 6.07) is 5.16. The van der Waals surface area contributed by atoms with Crippen molar-refractivity contribution in [2.45, 2.75) is 6.42 Å². The molecule has 0 saturated carbocycles. The van der Waals surface area contributed by atoms with Crippen LogP contribution in [0, 0.1) is 0 Å². The van der Waals surface area contributed by atoms with Crippen molar-refractivity contribution in [2.75, 3.05) is 44.6 Å². The quantitative estimate of drug-likeness (QED) is 0.689. The van der Waals surface area contributed by atoms with Crippen molar-refractivity contribution >= 4 is 23.2 Å². The summed E-state index contributed by atoms with van der Waals surface area (Å²) >= 11 is 5.88. The van der Waals surface area contributed by atoms with Crippen LogP contribution in [0.5, 0.6) is 0 Å². The topological polar surface area (TPSA) is 70.4 Å². The van der Waals surface area contributed by atoms with Crippen LogP contribution in [0.4, 0.5) is 5.69 Å². The molecule has 0 unspecified atom stereocenters. The Balaban J connectivity index is 1.80. The van der Waals surface area contributed by atoms with E-state index in [0.717, 1.165) is 51.4 Å². The van der Waals surface area contributed by atoms with Gasteiger partial charge in [0.25, 0.3) is 5.91 Å². The molecule has 0 aromatic heterocycles. The van der Waals surface area contributed by atoms with E-state index < -0.39 is 5.91 Å². The number of nitrogens with one attached hydrogen (secondary N) is 2. The lowest BCUT2D eigenvalue weighted by Crippen LogP contribution is -2.44. The van der Waals surface area contributed by atoms with Gasteiger partial charge in [0.1, 0.15) is 0 Å². The number of hydrogen-bond donors (Lipinski definition) is 3. The molecule has 1 saturated heterocycles. The van der Waals surface area contributed by atoms with Crippen molar-refractivity contribution in [2.24, 2.45) is 5.73 Å². The van der Waals surface area contributed by atoms with Crippen LogP contribution in [-0.2, 0) is 0 Å². The van der Waals surface area contributed by atoms with Crippen LogP contribution in [0.2, 0.25) is 5.02 Å². The molecule has 2 rings (SSSR count). The smallest absolute Gasteiger partial charge is 0.250 e. The fraction of sp³-hybridized carbons (Fsp3) is 0.500. The number of nitrogens with zero attached hydrogens (tertiary/aromatic N) is 1. The van der Waals surface area contributed by atoms with Crippen LogP contribution < -0.4 is 16.4 Å². The molecule has 20 heavy (non-hydrogen) atoms. The van der Waals surface area contributed by atoms with Crippen molar-refractivity contribution in [3.8, 4) is 0 Å². The van der Waals surface area contributed by atoms with Crippen LogP contribution in [0.15, 0.2) is 18.2 Å². The molecule has 5 nitrogen and oxygen atoms in total. The minimum absolute atomic E-state index is 0.444. The number of piperazine rings is 1. The summed E-state index contributed by atoms with van der Waals surface area (Å²) in [5, 5.41) is 7.11. The van der Waals surface area contributed by atoms with Gasteiger partial charge in [-0.2, -0.15) is 0 Å². The van der Waals surface area contributed by atoms with E-state index in [0.29, 0.717) is 10.6 Å². The number of carbonyl (C=O) groups excluding carboxylic acids is 1. The van der Waals surface area contributed by atoms with Crippen LogP contribution in [-0.4, -0.2) is 50.1 Å². The Morgan fingerprint density at radius 1 is 1.40 bits per heavy atom. The zero-order valence-corrected chi connectivity index (χ0v) is 12.2. The van der Waals surface area contributed by atoms with E-state index in [1.807, 2.05) is 0 Å². The molecule has 0 spiro atoms. The second-order valence-electron chi connectivity index (χ2n) is 4.93. The number of halogens is 1. The van der Waals surface area contributed by atoms with Gasteiger partial charge < -0.3 is 21.3 Å². The van der Waals surface area contributed by atoms with Gasteiger partial charge in [-0.05, 0) is 31.2 Å². The van der Waals surface area contributed by atoms with E-state index in [1.54, 1.807) is 18.2 Å². The van der Waals surface area contributed by atoms with Gasteiger partial charge in [0.15, 0.2) is 0 Å². The van der Waals surface area contributed by atoms with Gasteiger partial charge in [-0.3, -0.25) is 4.79 Å². The third kappa shape index (κ3) is 4.37. The maximum Gasteiger partial charge on any atom is 0.250 e. The van der Waals surface area contributed by atoms with Gasteiger partial charge in [0, 0.05) is 43.4 Å². The van der Waals surface area contributed by atoms with Gasteiger partial charge in [-0.1, -0.05) is 11.6 Å². The Hall–Kier alpha value is -1.30. The summed E-state index contributed by atoms with van der Waals surface area (Å²) in [7, 11) is 0. The SMILES string of the molecule is NC(=O)c1cc(Cl)ccc1NCCCN1CCNCC1. The first-order chi connectivity index (χ1) is 9.66. The van der Waals surface area contributed by atoms with Crippen LogP contribution >= 0.6 is 11.6 Å². The molecule has 0 bridgehead atoms. The van der Waals surface area contributed by atoms with Crippen molar-refractivity contribution in [3.05, 3.63) is 28.8 Å².